The summed E-state index contributed by atoms with van der Waals surface area (Å²) in [6.45, 7) is 3.29. The number of piperidine rings is 1. The third-order valence-electron chi connectivity index (χ3n) is 3.77. The van der Waals surface area contributed by atoms with Crippen LogP contribution in [0.2, 0.25) is 0 Å². The van der Waals surface area contributed by atoms with Gasteiger partial charge < -0.3 is 10.6 Å². The van der Waals surface area contributed by atoms with E-state index in [4.69, 9.17) is 5.73 Å². The number of hydrogen-bond donors (Lipinski definition) is 1. The quantitative estimate of drug-likeness (QED) is 0.907. The van der Waals surface area contributed by atoms with E-state index in [1.54, 1.807) is 11.0 Å². The molecule has 0 spiro atoms. The highest BCUT2D eigenvalue weighted by Gasteiger charge is 2.29. The van der Waals surface area contributed by atoms with Crippen molar-refractivity contribution in [2.24, 2.45) is 11.7 Å². The largest absolute Gasteiger partial charge is 0.338 e. The molecule has 0 aromatic heterocycles. The molecule has 0 radical (unpaired) electrons. The van der Waals surface area contributed by atoms with Gasteiger partial charge in [-0.05, 0) is 30.5 Å². The van der Waals surface area contributed by atoms with Crippen molar-refractivity contribution in [3.63, 3.8) is 0 Å². The lowest BCUT2D eigenvalue weighted by Gasteiger charge is -2.36. The molecule has 2 rings (SSSR count). The Hall–Kier alpha value is -0.940. The van der Waals surface area contributed by atoms with Gasteiger partial charge in [0.15, 0.2) is 0 Å². The topological polar surface area (TPSA) is 46.3 Å². The smallest absolute Gasteiger partial charge is 0.256 e. The zero-order valence-electron chi connectivity index (χ0n) is 10.9. The van der Waals surface area contributed by atoms with Gasteiger partial charge in [-0.3, -0.25) is 4.79 Å². The minimum absolute atomic E-state index is 0.133. The Morgan fingerprint density at radius 1 is 1.58 bits per heavy atom. The second-order valence-electron chi connectivity index (χ2n) is 5.00. The van der Waals surface area contributed by atoms with Crippen LogP contribution in [0.25, 0.3) is 0 Å². The molecule has 3 nitrogen and oxygen atoms in total. The molecule has 0 aliphatic carbocycles. The molecular weight excluding hydrogens is 311 g/mol. The average molecular weight is 329 g/mol. The normalized spacial score (nSPS) is 23.5. The van der Waals surface area contributed by atoms with Crippen LogP contribution in [0.4, 0.5) is 4.39 Å². The van der Waals surface area contributed by atoms with Gasteiger partial charge >= 0.3 is 0 Å². The number of halogens is 2. The van der Waals surface area contributed by atoms with Crippen LogP contribution in [-0.4, -0.2) is 29.9 Å². The molecule has 2 unspecified atom stereocenters. The maximum absolute atomic E-state index is 13.8. The Kier molecular flexibility index (Phi) is 4.58. The van der Waals surface area contributed by atoms with Gasteiger partial charge in [0.2, 0.25) is 0 Å². The summed E-state index contributed by atoms with van der Waals surface area (Å²) in [5, 5.41) is 0. The van der Waals surface area contributed by atoms with Crippen LogP contribution in [0.1, 0.15) is 30.1 Å². The van der Waals surface area contributed by atoms with E-state index in [1.165, 1.54) is 12.1 Å². The van der Waals surface area contributed by atoms with Crippen LogP contribution in [0.5, 0.6) is 0 Å². The van der Waals surface area contributed by atoms with Crippen molar-refractivity contribution in [2.45, 2.75) is 25.8 Å². The predicted molar refractivity (Wildman–Crippen MR) is 76.4 cm³/mol. The molecule has 1 amide bonds. The Morgan fingerprint density at radius 3 is 2.95 bits per heavy atom. The standard InChI is InChI=1S/C14H18BrFN2O/c1-2-9-8-18(6-5-13(9)17)14(19)11-4-3-10(15)7-12(11)16/h3-4,7,9,13H,2,5-6,8,17H2,1H3. The monoisotopic (exact) mass is 328 g/mol. The minimum atomic E-state index is -0.484. The zero-order chi connectivity index (χ0) is 14.0. The number of carbonyl (C=O) groups is 1. The van der Waals surface area contributed by atoms with Crippen LogP contribution in [-0.2, 0) is 0 Å². The number of benzene rings is 1. The van der Waals surface area contributed by atoms with Crippen LogP contribution in [0, 0.1) is 11.7 Å². The number of nitrogens with zero attached hydrogens (tertiary/aromatic N) is 1. The first-order valence-electron chi connectivity index (χ1n) is 6.52. The number of nitrogens with two attached hydrogens (primary N) is 1. The van der Waals surface area contributed by atoms with Crippen molar-refractivity contribution in [1.29, 1.82) is 0 Å². The predicted octanol–water partition coefficient (Wildman–Crippen LogP) is 2.79. The van der Waals surface area contributed by atoms with Gasteiger partial charge in [0.05, 0.1) is 5.56 Å². The van der Waals surface area contributed by atoms with Gasteiger partial charge in [-0.2, -0.15) is 0 Å². The fourth-order valence-corrected chi connectivity index (χ4v) is 2.83. The molecule has 1 aliphatic rings. The lowest BCUT2D eigenvalue weighted by atomic mass is 9.90. The van der Waals surface area contributed by atoms with E-state index < -0.39 is 5.82 Å². The van der Waals surface area contributed by atoms with Crippen LogP contribution < -0.4 is 5.73 Å². The molecule has 1 aromatic carbocycles. The van der Waals surface area contributed by atoms with Crippen molar-refractivity contribution in [2.75, 3.05) is 13.1 Å². The summed E-state index contributed by atoms with van der Waals surface area (Å²) < 4.78 is 14.4. The molecule has 104 valence electrons. The third kappa shape index (κ3) is 3.15. The van der Waals surface area contributed by atoms with E-state index in [2.05, 4.69) is 22.9 Å². The van der Waals surface area contributed by atoms with E-state index in [0.29, 0.717) is 23.5 Å². The van der Waals surface area contributed by atoms with E-state index >= 15 is 0 Å². The number of hydrogen-bond acceptors (Lipinski definition) is 2. The molecule has 2 atom stereocenters. The fourth-order valence-electron chi connectivity index (χ4n) is 2.50. The first-order valence-corrected chi connectivity index (χ1v) is 7.32. The van der Waals surface area contributed by atoms with Crippen molar-refractivity contribution in [1.82, 2.24) is 4.90 Å². The van der Waals surface area contributed by atoms with Crippen LogP contribution >= 0.6 is 15.9 Å². The second-order valence-corrected chi connectivity index (χ2v) is 5.91. The zero-order valence-corrected chi connectivity index (χ0v) is 12.5. The van der Waals surface area contributed by atoms with Gasteiger partial charge in [0, 0.05) is 23.6 Å². The second kappa shape index (κ2) is 6.01. The molecule has 0 saturated carbocycles. The van der Waals surface area contributed by atoms with Gasteiger partial charge in [0.25, 0.3) is 5.91 Å². The maximum Gasteiger partial charge on any atom is 0.256 e. The number of rotatable bonds is 2. The molecule has 5 heteroatoms. The molecule has 1 fully saturated rings. The van der Waals surface area contributed by atoms with Gasteiger partial charge in [0.1, 0.15) is 5.82 Å². The minimum Gasteiger partial charge on any atom is -0.338 e. The molecule has 1 heterocycles. The first kappa shape index (κ1) is 14.5. The Bertz CT molecular complexity index is 481. The molecule has 0 bridgehead atoms. The summed E-state index contributed by atoms with van der Waals surface area (Å²) in [6.07, 6.45) is 1.72. The highest BCUT2D eigenvalue weighted by atomic mass is 79.9. The van der Waals surface area contributed by atoms with Crippen LogP contribution in [0.3, 0.4) is 0 Å². The Labute approximate surface area is 121 Å². The summed E-state index contributed by atoms with van der Waals surface area (Å²) in [6, 6.07) is 4.67. The maximum atomic E-state index is 13.8. The van der Waals surface area contributed by atoms with Crippen molar-refractivity contribution in [3.8, 4) is 0 Å². The van der Waals surface area contributed by atoms with Crippen molar-refractivity contribution >= 4 is 21.8 Å². The van der Waals surface area contributed by atoms with E-state index in [9.17, 15) is 9.18 Å². The van der Waals surface area contributed by atoms with Crippen LogP contribution in [0.15, 0.2) is 22.7 Å². The molecule has 1 aliphatic heterocycles. The highest BCUT2D eigenvalue weighted by molar-refractivity contribution is 9.10. The summed E-state index contributed by atoms with van der Waals surface area (Å²) in [5.41, 5.74) is 6.15. The Balaban J connectivity index is 2.15. The lowest BCUT2D eigenvalue weighted by Crippen LogP contribution is -2.49. The fraction of sp³-hybridized carbons (Fsp3) is 0.500. The summed E-state index contributed by atoms with van der Waals surface area (Å²) in [5.74, 6) is -0.422. The van der Waals surface area contributed by atoms with E-state index in [1.807, 2.05) is 0 Å². The molecule has 19 heavy (non-hydrogen) atoms. The molecule has 2 N–H and O–H groups in total. The molecule has 1 aromatic rings. The summed E-state index contributed by atoms with van der Waals surface area (Å²) in [7, 11) is 0. The van der Waals surface area contributed by atoms with Crippen molar-refractivity contribution < 1.29 is 9.18 Å². The first-order chi connectivity index (χ1) is 9.02. The highest BCUT2D eigenvalue weighted by Crippen LogP contribution is 2.22. The average Bonchev–Trinajstić information content (AvgIpc) is 2.38. The van der Waals surface area contributed by atoms with Gasteiger partial charge in [-0.1, -0.05) is 29.3 Å². The molecular formula is C14H18BrFN2O. The SMILES string of the molecule is CCC1CN(C(=O)c2ccc(Br)cc2F)CCC1N. The lowest BCUT2D eigenvalue weighted by molar-refractivity contribution is 0.0644. The summed E-state index contributed by atoms with van der Waals surface area (Å²) >= 11 is 3.19. The van der Waals surface area contributed by atoms with E-state index in [0.717, 1.165) is 12.8 Å². The van der Waals surface area contributed by atoms with Gasteiger partial charge in [-0.25, -0.2) is 4.39 Å². The van der Waals surface area contributed by atoms with E-state index in [-0.39, 0.29) is 17.5 Å². The molecule has 1 saturated heterocycles. The van der Waals surface area contributed by atoms with Gasteiger partial charge in [-0.15, -0.1) is 0 Å². The Morgan fingerprint density at radius 2 is 2.32 bits per heavy atom. The summed E-state index contributed by atoms with van der Waals surface area (Å²) in [4.78, 5) is 14.0. The number of amides is 1. The third-order valence-corrected chi connectivity index (χ3v) is 4.26. The van der Waals surface area contributed by atoms with Crippen molar-refractivity contribution in [3.05, 3.63) is 34.1 Å². The number of carbonyl (C=O) groups excluding carboxylic acids is 1. The number of likely N-dealkylation sites (tertiary alicyclic amines) is 1.